The minimum atomic E-state index is -0.863. The van der Waals surface area contributed by atoms with Crippen molar-refractivity contribution >= 4 is 11.6 Å². The number of carbonyl (C=O) groups is 1. The van der Waals surface area contributed by atoms with Crippen LogP contribution in [0.25, 0.3) is 11.3 Å². The van der Waals surface area contributed by atoms with Gasteiger partial charge >= 0.3 is 0 Å². The molecule has 0 bridgehead atoms. The number of aromatic nitrogens is 1. The zero-order valence-electron chi connectivity index (χ0n) is 11.2. The van der Waals surface area contributed by atoms with Gasteiger partial charge in [-0.2, -0.15) is 0 Å². The van der Waals surface area contributed by atoms with Gasteiger partial charge in [-0.25, -0.2) is 13.8 Å². The van der Waals surface area contributed by atoms with Crippen LogP contribution in [0.3, 0.4) is 0 Å². The van der Waals surface area contributed by atoms with E-state index in [4.69, 9.17) is 4.42 Å². The summed E-state index contributed by atoms with van der Waals surface area (Å²) in [5, 5.41) is 2.18. The molecule has 0 aliphatic rings. The molecule has 22 heavy (non-hydrogen) atoms. The number of carbonyl (C=O) groups excluding carboxylic acids is 1. The highest BCUT2D eigenvalue weighted by Gasteiger charge is 2.20. The van der Waals surface area contributed by atoms with E-state index >= 15 is 0 Å². The smallest absolute Gasteiger partial charge is 0.278 e. The Morgan fingerprint density at radius 1 is 1.00 bits per heavy atom. The van der Waals surface area contributed by atoms with Crippen molar-refractivity contribution < 1.29 is 18.0 Å². The summed E-state index contributed by atoms with van der Waals surface area (Å²) in [6.07, 6.45) is 1.11. The number of halogens is 2. The molecule has 0 saturated heterocycles. The zero-order chi connectivity index (χ0) is 15.5. The van der Waals surface area contributed by atoms with E-state index in [1.54, 1.807) is 24.3 Å². The molecule has 0 atom stereocenters. The molecular formula is C16H10F2N2O2. The molecule has 2 aromatic carbocycles. The minimum absolute atomic E-state index is 0.0474. The van der Waals surface area contributed by atoms with Crippen molar-refractivity contribution in [3.05, 3.63) is 72.3 Å². The summed E-state index contributed by atoms with van der Waals surface area (Å²) < 4.78 is 32.4. The van der Waals surface area contributed by atoms with Gasteiger partial charge < -0.3 is 9.73 Å². The summed E-state index contributed by atoms with van der Waals surface area (Å²) >= 11 is 0. The highest BCUT2D eigenvalue weighted by molar-refractivity contribution is 6.06. The molecule has 0 saturated carbocycles. The highest BCUT2D eigenvalue weighted by Crippen LogP contribution is 2.25. The second-order valence-corrected chi connectivity index (χ2v) is 4.45. The Kier molecular flexibility index (Phi) is 3.65. The van der Waals surface area contributed by atoms with Crippen LogP contribution >= 0.6 is 0 Å². The van der Waals surface area contributed by atoms with Crippen molar-refractivity contribution in [2.75, 3.05) is 5.32 Å². The van der Waals surface area contributed by atoms with Crippen LogP contribution in [-0.4, -0.2) is 10.9 Å². The number of benzene rings is 2. The molecule has 1 heterocycles. The van der Waals surface area contributed by atoms with Crippen LogP contribution in [0.15, 0.2) is 59.3 Å². The summed E-state index contributed by atoms with van der Waals surface area (Å²) in [6, 6.07) is 12.2. The maximum Gasteiger partial charge on any atom is 0.278 e. The third kappa shape index (κ3) is 2.58. The van der Waals surface area contributed by atoms with Crippen LogP contribution in [0, 0.1) is 11.6 Å². The molecule has 3 aromatic rings. The second kappa shape index (κ2) is 5.77. The van der Waals surface area contributed by atoms with Gasteiger partial charge in [-0.15, -0.1) is 0 Å². The Morgan fingerprint density at radius 2 is 1.68 bits per heavy atom. The molecule has 0 unspecified atom stereocenters. The van der Waals surface area contributed by atoms with Crippen molar-refractivity contribution in [2.24, 2.45) is 0 Å². The van der Waals surface area contributed by atoms with E-state index in [1.165, 1.54) is 6.07 Å². The molecule has 3 rings (SSSR count). The summed E-state index contributed by atoms with van der Waals surface area (Å²) in [5.74, 6) is -2.25. The van der Waals surface area contributed by atoms with E-state index in [0.29, 0.717) is 5.56 Å². The van der Waals surface area contributed by atoms with E-state index in [0.717, 1.165) is 18.5 Å². The van der Waals surface area contributed by atoms with Crippen molar-refractivity contribution in [3.63, 3.8) is 0 Å². The first-order valence-electron chi connectivity index (χ1n) is 6.41. The van der Waals surface area contributed by atoms with Gasteiger partial charge in [0.1, 0.15) is 17.3 Å². The lowest BCUT2D eigenvalue weighted by atomic mass is 10.1. The van der Waals surface area contributed by atoms with Gasteiger partial charge in [-0.05, 0) is 12.1 Å². The topological polar surface area (TPSA) is 55.1 Å². The second-order valence-electron chi connectivity index (χ2n) is 4.45. The van der Waals surface area contributed by atoms with Crippen LogP contribution in [0.2, 0.25) is 0 Å². The maximum atomic E-state index is 13.6. The first kappa shape index (κ1) is 13.9. The molecule has 6 heteroatoms. The van der Waals surface area contributed by atoms with Gasteiger partial charge in [0.15, 0.2) is 17.8 Å². The number of amides is 1. The first-order valence-corrected chi connectivity index (χ1v) is 6.41. The monoisotopic (exact) mass is 300 g/mol. The van der Waals surface area contributed by atoms with E-state index in [2.05, 4.69) is 10.3 Å². The zero-order valence-corrected chi connectivity index (χ0v) is 11.2. The van der Waals surface area contributed by atoms with Crippen molar-refractivity contribution in [1.82, 2.24) is 4.98 Å². The van der Waals surface area contributed by atoms with Crippen molar-refractivity contribution in [3.8, 4) is 11.3 Å². The van der Waals surface area contributed by atoms with Gasteiger partial charge in [-0.3, -0.25) is 4.79 Å². The lowest BCUT2D eigenvalue weighted by Crippen LogP contribution is -2.15. The van der Waals surface area contributed by atoms with E-state index in [-0.39, 0.29) is 11.5 Å². The number of nitrogens with zero attached hydrogens (tertiary/aromatic N) is 1. The van der Waals surface area contributed by atoms with Gasteiger partial charge in [0, 0.05) is 5.56 Å². The largest absolute Gasteiger partial charge is 0.443 e. The Morgan fingerprint density at radius 3 is 2.36 bits per heavy atom. The lowest BCUT2D eigenvalue weighted by molar-refractivity contribution is 0.102. The van der Waals surface area contributed by atoms with Crippen LogP contribution in [0.1, 0.15) is 10.5 Å². The molecule has 0 radical (unpaired) electrons. The predicted molar refractivity (Wildman–Crippen MR) is 76.3 cm³/mol. The van der Waals surface area contributed by atoms with Crippen molar-refractivity contribution in [2.45, 2.75) is 0 Å². The van der Waals surface area contributed by atoms with E-state index < -0.39 is 23.2 Å². The van der Waals surface area contributed by atoms with Crippen LogP contribution in [0.4, 0.5) is 14.5 Å². The number of hydrogen-bond donors (Lipinski definition) is 1. The van der Waals surface area contributed by atoms with Gasteiger partial charge in [-0.1, -0.05) is 36.4 Å². The fourth-order valence-corrected chi connectivity index (χ4v) is 1.99. The third-order valence-corrected chi connectivity index (χ3v) is 3.02. The lowest BCUT2D eigenvalue weighted by Gasteiger charge is -2.06. The molecule has 4 nitrogen and oxygen atoms in total. The number of anilines is 1. The molecule has 0 fully saturated rings. The molecule has 0 aliphatic carbocycles. The Hall–Kier alpha value is -3.02. The predicted octanol–water partition coefficient (Wildman–Crippen LogP) is 3.87. The molecule has 1 N–H and O–H groups in total. The number of para-hydroxylation sites is 1. The minimum Gasteiger partial charge on any atom is -0.443 e. The fraction of sp³-hybridized carbons (Fsp3) is 0. The number of rotatable bonds is 3. The Bertz CT molecular complexity index is 796. The van der Waals surface area contributed by atoms with E-state index in [1.807, 2.05) is 6.07 Å². The number of hydrogen-bond acceptors (Lipinski definition) is 3. The first-order chi connectivity index (χ1) is 10.7. The molecule has 0 spiro atoms. The van der Waals surface area contributed by atoms with Crippen molar-refractivity contribution in [1.29, 1.82) is 0 Å². The van der Waals surface area contributed by atoms with E-state index in [9.17, 15) is 13.6 Å². The molecule has 110 valence electrons. The normalized spacial score (nSPS) is 10.5. The third-order valence-electron chi connectivity index (χ3n) is 3.02. The van der Waals surface area contributed by atoms with Crippen LogP contribution < -0.4 is 5.32 Å². The van der Waals surface area contributed by atoms with Crippen LogP contribution in [-0.2, 0) is 0 Å². The summed E-state index contributed by atoms with van der Waals surface area (Å²) in [4.78, 5) is 16.0. The molecule has 0 aliphatic heterocycles. The quantitative estimate of drug-likeness (QED) is 0.798. The van der Waals surface area contributed by atoms with Gasteiger partial charge in [0.25, 0.3) is 5.91 Å². The standard InChI is InChI=1S/C16H10F2N2O2/c17-11-7-4-8-12(18)13(11)20-16(21)14-15(22-9-19-14)10-5-2-1-3-6-10/h1-9H,(H,20,21). The van der Waals surface area contributed by atoms with Gasteiger partial charge in [0.05, 0.1) is 0 Å². The molecule has 1 amide bonds. The number of oxazole rings is 1. The maximum absolute atomic E-state index is 13.6. The summed E-state index contributed by atoms with van der Waals surface area (Å²) in [7, 11) is 0. The molecule has 1 aromatic heterocycles. The Labute approximate surface area is 124 Å². The average Bonchev–Trinajstić information content (AvgIpc) is 3.01. The SMILES string of the molecule is O=C(Nc1c(F)cccc1F)c1ncoc1-c1ccccc1. The van der Waals surface area contributed by atoms with Gasteiger partial charge in [0.2, 0.25) is 0 Å². The summed E-state index contributed by atoms with van der Waals surface area (Å²) in [5.41, 5.74) is 0.0718. The van der Waals surface area contributed by atoms with Crippen LogP contribution in [0.5, 0.6) is 0 Å². The number of nitrogens with one attached hydrogen (secondary N) is 1. The summed E-state index contributed by atoms with van der Waals surface area (Å²) in [6.45, 7) is 0. The fourth-order valence-electron chi connectivity index (χ4n) is 1.99. The Balaban J connectivity index is 1.93. The highest BCUT2D eigenvalue weighted by atomic mass is 19.1. The molecular weight excluding hydrogens is 290 g/mol. The average molecular weight is 300 g/mol.